The lowest BCUT2D eigenvalue weighted by Crippen LogP contribution is -2.30. The lowest BCUT2D eigenvalue weighted by atomic mass is 10.1. The second-order valence-electron chi connectivity index (χ2n) is 8.64. The van der Waals surface area contributed by atoms with Crippen molar-refractivity contribution < 1.29 is 14.6 Å². The van der Waals surface area contributed by atoms with E-state index in [0.717, 1.165) is 62.0 Å². The van der Waals surface area contributed by atoms with Gasteiger partial charge in [-0.15, -0.1) is 10.2 Å². The van der Waals surface area contributed by atoms with Crippen LogP contribution in [-0.2, 0) is 30.7 Å². The number of hydrogen-bond donors (Lipinski definition) is 2. The molecule has 0 bridgehead atoms. The minimum atomic E-state index is -0.192. The smallest absolute Gasteiger partial charge is 0.220 e. The second-order valence-corrected chi connectivity index (χ2v) is 8.64. The van der Waals surface area contributed by atoms with Gasteiger partial charge in [0.1, 0.15) is 18.2 Å². The van der Waals surface area contributed by atoms with Gasteiger partial charge in [0, 0.05) is 39.0 Å². The molecule has 34 heavy (non-hydrogen) atoms. The van der Waals surface area contributed by atoms with Crippen molar-refractivity contribution in [2.75, 3.05) is 26.3 Å². The number of ether oxygens (including phenoxy) is 1. The summed E-state index contributed by atoms with van der Waals surface area (Å²) in [6.07, 6.45) is 1.99. The van der Waals surface area contributed by atoms with Gasteiger partial charge < -0.3 is 19.7 Å². The maximum absolute atomic E-state index is 12.5. The average Bonchev–Trinajstić information content (AvgIpc) is 3.17. The van der Waals surface area contributed by atoms with Gasteiger partial charge in [0.05, 0.1) is 12.6 Å². The van der Waals surface area contributed by atoms with Crippen LogP contribution < -0.4 is 10.1 Å². The summed E-state index contributed by atoms with van der Waals surface area (Å²) < 4.78 is 7.60. The predicted molar refractivity (Wildman–Crippen MR) is 129 cm³/mol. The standard InChI is InChI=1S/C26H33N5O3/c1-20(27-25(33)12-9-21-5-3-2-4-6-21)26-29-28-24-13-14-30(15-16-31(24)26)19-22-7-10-23(11-8-22)34-18-17-32/h2-8,10-11,20,32H,9,12-19H2,1H3,(H,27,33)/t20-/m1/s1. The number of amides is 1. The van der Waals surface area contributed by atoms with Gasteiger partial charge in [0.25, 0.3) is 0 Å². The summed E-state index contributed by atoms with van der Waals surface area (Å²) in [5, 5.41) is 20.8. The molecule has 0 unspecified atom stereocenters. The SMILES string of the molecule is C[C@@H](NC(=O)CCc1ccccc1)c1nnc2n1CCN(Cc1ccc(OCCO)cc1)CC2. The molecular weight excluding hydrogens is 430 g/mol. The van der Waals surface area contributed by atoms with Crippen LogP contribution in [0.2, 0.25) is 0 Å². The van der Waals surface area contributed by atoms with Gasteiger partial charge in [0.2, 0.25) is 5.91 Å². The first-order valence-corrected chi connectivity index (χ1v) is 11.9. The van der Waals surface area contributed by atoms with E-state index >= 15 is 0 Å². The zero-order chi connectivity index (χ0) is 23.8. The molecule has 1 aliphatic rings. The number of rotatable bonds is 10. The Morgan fingerprint density at radius 3 is 2.62 bits per heavy atom. The number of benzene rings is 2. The van der Waals surface area contributed by atoms with Gasteiger partial charge in [-0.25, -0.2) is 0 Å². The molecule has 8 nitrogen and oxygen atoms in total. The van der Waals surface area contributed by atoms with Crippen molar-refractivity contribution in [1.82, 2.24) is 25.0 Å². The summed E-state index contributed by atoms with van der Waals surface area (Å²) in [6.45, 7) is 5.71. The second kappa shape index (κ2) is 11.8. The number of aliphatic hydroxyl groups is 1. The monoisotopic (exact) mass is 463 g/mol. The molecule has 1 atom stereocenters. The predicted octanol–water partition coefficient (Wildman–Crippen LogP) is 2.52. The molecule has 2 heterocycles. The highest BCUT2D eigenvalue weighted by Gasteiger charge is 2.22. The molecule has 0 aliphatic carbocycles. The molecule has 2 N–H and O–H groups in total. The summed E-state index contributed by atoms with van der Waals surface area (Å²) in [7, 11) is 0. The Morgan fingerprint density at radius 2 is 1.85 bits per heavy atom. The Kier molecular flexibility index (Phi) is 8.27. The number of aryl methyl sites for hydroxylation is 1. The van der Waals surface area contributed by atoms with Crippen LogP contribution in [0.25, 0.3) is 0 Å². The number of nitrogens with zero attached hydrogens (tertiary/aromatic N) is 4. The van der Waals surface area contributed by atoms with Gasteiger partial charge in [-0.05, 0) is 36.6 Å². The number of aliphatic hydroxyl groups excluding tert-OH is 1. The lowest BCUT2D eigenvalue weighted by Gasteiger charge is -2.20. The Morgan fingerprint density at radius 1 is 1.06 bits per heavy atom. The molecule has 0 fully saturated rings. The third kappa shape index (κ3) is 6.42. The summed E-state index contributed by atoms with van der Waals surface area (Å²) >= 11 is 0. The van der Waals surface area contributed by atoms with Crippen LogP contribution in [0.3, 0.4) is 0 Å². The van der Waals surface area contributed by atoms with Gasteiger partial charge in [0.15, 0.2) is 5.82 Å². The van der Waals surface area contributed by atoms with Crippen molar-refractivity contribution in [1.29, 1.82) is 0 Å². The molecule has 8 heteroatoms. The van der Waals surface area contributed by atoms with Gasteiger partial charge >= 0.3 is 0 Å². The Balaban J connectivity index is 1.29. The Hall–Kier alpha value is -3.23. The third-order valence-electron chi connectivity index (χ3n) is 6.09. The van der Waals surface area contributed by atoms with Crippen molar-refractivity contribution in [2.45, 2.75) is 45.3 Å². The fourth-order valence-corrected chi connectivity index (χ4v) is 4.26. The fourth-order valence-electron chi connectivity index (χ4n) is 4.26. The molecule has 0 saturated carbocycles. The van der Waals surface area contributed by atoms with E-state index in [1.807, 2.05) is 49.4 Å². The third-order valence-corrected chi connectivity index (χ3v) is 6.09. The molecule has 2 aromatic carbocycles. The van der Waals surface area contributed by atoms with Crippen LogP contribution in [0.1, 0.15) is 42.2 Å². The number of aromatic nitrogens is 3. The summed E-state index contributed by atoms with van der Waals surface area (Å²) in [5.74, 6) is 2.57. The Labute approximate surface area is 200 Å². The van der Waals surface area contributed by atoms with E-state index < -0.39 is 0 Å². The highest BCUT2D eigenvalue weighted by molar-refractivity contribution is 5.76. The van der Waals surface area contributed by atoms with Crippen LogP contribution in [0.4, 0.5) is 0 Å². The molecule has 1 aromatic heterocycles. The van der Waals surface area contributed by atoms with Crippen molar-refractivity contribution >= 4 is 5.91 Å². The van der Waals surface area contributed by atoms with Crippen molar-refractivity contribution in [2.24, 2.45) is 0 Å². The molecular formula is C26H33N5O3. The van der Waals surface area contributed by atoms with E-state index in [-0.39, 0.29) is 18.6 Å². The highest BCUT2D eigenvalue weighted by Crippen LogP contribution is 2.18. The molecule has 4 rings (SSSR count). The Bertz CT molecular complexity index is 1050. The maximum atomic E-state index is 12.5. The quantitative estimate of drug-likeness (QED) is 0.480. The molecule has 0 radical (unpaired) electrons. The largest absolute Gasteiger partial charge is 0.491 e. The highest BCUT2D eigenvalue weighted by atomic mass is 16.5. The molecule has 180 valence electrons. The fraction of sp³-hybridized carbons (Fsp3) is 0.423. The molecule has 1 amide bonds. The van der Waals surface area contributed by atoms with E-state index in [1.165, 1.54) is 5.56 Å². The average molecular weight is 464 g/mol. The van der Waals surface area contributed by atoms with Gasteiger partial charge in [-0.1, -0.05) is 42.5 Å². The molecule has 0 spiro atoms. The van der Waals surface area contributed by atoms with Gasteiger partial charge in [-0.3, -0.25) is 9.69 Å². The summed E-state index contributed by atoms with van der Waals surface area (Å²) in [6, 6.07) is 17.9. The van der Waals surface area contributed by atoms with Crippen LogP contribution in [-0.4, -0.2) is 57.0 Å². The number of nitrogens with one attached hydrogen (secondary N) is 1. The number of carbonyl (C=O) groups is 1. The first-order chi connectivity index (χ1) is 16.6. The van der Waals surface area contributed by atoms with Crippen LogP contribution in [0, 0.1) is 0 Å². The summed E-state index contributed by atoms with van der Waals surface area (Å²) in [4.78, 5) is 14.9. The van der Waals surface area contributed by atoms with Crippen molar-refractivity contribution in [3.63, 3.8) is 0 Å². The normalized spacial score (nSPS) is 14.8. The van der Waals surface area contributed by atoms with E-state index in [2.05, 4.69) is 37.1 Å². The van der Waals surface area contributed by atoms with E-state index in [4.69, 9.17) is 9.84 Å². The van der Waals surface area contributed by atoms with Crippen LogP contribution in [0.5, 0.6) is 5.75 Å². The topological polar surface area (TPSA) is 92.5 Å². The van der Waals surface area contributed by atoms with Crippen molar-refractivity contribution in [3.8, 4) is 5.75 Å². The number of hydrogen-bond acceptors (Lipinski definition) is 6. The van der Waals surface area contributed by atoms with Crippen molar-refractivity contribution in [3.05, 3.63) is 77.4 Å². The lowest BCUT2D eigenvalue weighted by molar-refractivity contribution is -0.121. The van der Waals surface area contributed by atoms with Crippen LogP contribution >= 0.6 is 0 Å². The zero-order valence-electron chi connectivity index (χ0n) is 19.7. The minimum absolute atomic E-state index is 0.0111. The zero-order valence-corrected chi connectivity index (χ0v) is 19.7. The first kappa shape index (κ1) is 23.9. The van der Waals surface area contributed by atoms with Crippen LogP contribution in [0.15, 0.2) is 54.6 Å². The minimum Gasteiger partial charge on any atom is -0.491 e. The van der Waals surface area contributed by atoms with E-state index in [9.17, 15) is 4.79 Å². The van der Waals surface area contributed by atoms with E-state index in [1.54, 1.807) is 0 Å². The molecule has 3 aromatic rings. The van der Waals surface area contributed by atoms with E-state index in [0.29, 0.717) is 13.0 Å². The maximum Gasteiger partial charge on any atom is 0.220 e. The molecule has 0 saturated heterocycles. The van der Waals surface area contributed by atoms with Gasteiger partial charge in [-0.2, -0.15) is 0 Å². The summed E-state index contributed by atoms with van der Waals surface area (Å²) in [5.41, 5.74) is 2.38. The molecule has 1 aliphatic heterocycles. The number of fused-ring (bicyclic) bond motifs is 1. The first-order valence-electron chi connectivity index (χ1n) is 11.9. The number of carbonyl (C=O) groups excluding carboxylic acids is 1.